The summed E-state index contributed by atoms with van der Waals surface area (Å²) >= 11 is 0.924. The standard InChI is InChI=1S/C9H10N4O6S2/c1-9(11)4(7(16)13(9)21(17,18)19)6(15)5(14)3-2-20-8(10)12-3/h2,4H,11H2,1H3,(H2,10,12)(H,17,18,19). The van der Waals surface area contributed by atoms with E-state index in [1.807, 2.05) is 0 Å². The fourth-order valence-electron chi connectivity index (χ4n) is 2.04. The summed E-state index contributed by atoms with van der Waals surface area (Å²) in [4.78, 5) is 39.2. The molecule has 21 heavy (non-hydrogen) atoms. The van der Waals surface area contributed by atoms with Gasteiger partial charge in [-0.3, -0.25) is 18.9 Å². The van der Waals surface area contributed by atoms with Gasteiger partial charge in [0.15, 0.2) is 5.13 Å². The molecule has 0 radical (unpaired) electrons. The number of anilines is 1. The number of nitrogens with two attached hydrogens (primary N) is 2. The number of nitrogens with zero attached hydrogens (tertiary/aromatic N) is 2. The van der Waals surface area contributed by atoms with Crippen LogP contribution in [0.15, 0.2) is 5.38 Å². The lowest BCUT2D eigenvalue weighted by atomic mass is 9.80. The quantitative estimate of drug-likeness (QED) is 0.193. The highest BCUT2D eigenvalue weighted by Gasteiger charge is 2.64. The number of nitrogen functional groups attached to an aromatic ring is 1. The van der Waals surface area contributed by atoms with E-state index in [0.29, 0.717) is 0 Å². The number of Topliss-reactive ketones (excluding diaryl/α,β-unsaturated/α-hetero) is 2. The molecule has 0 bridgehead atoms. The topological polar surface area (TPSA) is 174 Å². The Kier molecular flexibility index (Phi) is 3.36. The zero-order valence-corrected chi connectivity index (χ0v) is 12.1. The Labute approximate surface area is 122 Å². The third-order valence-corrected chi connectivity index (χ3v) is 4.65. The van der Waals surface area contributed by atoms with Gasteiger partial charge in [0.1, 0.15) is 17.3 Å². The van der Waals surface area contributed by atoms with Gasteiger partial charge >= 0.3 is 10.3 Å². The number of hydrogen-bond donors (Lipinski definition) is 3. The molecular weight excluding hydrogens is 324 g/mol. The lowest BCUT2D eigenvalue weighted by Gasteiger charge is -2.49. The molecule has 114 valence electrons. The zero-order chi connectivity index (χ0) is 16.2. The Morgan fingerprint density at radius 2 is 2.10 bits per heavy atom. The second-order valence-corrected chi connectivity index (χ2v) is 6.65. The van der Waals surface area contributed by atoms with Crippen molar-refractivity contribution in [1.29, 1.82) is 0 Å². The minimum atomic E-state index is -4.91. The van der Waals surface area contributed by atoms with Crippen molar-refractivity contribution in [3.8, 4) is 0 Å². The van der Waals surface area contributed by atoms with E-state index in [-0.39, 0.29) is 15.1 Å². The number of carbonyl (C=O) groups excluding carboxylic acids is 3. The molecule has 1 aliphatic heterocycles. The Bertz CT molecular complexity index is 752. The van der Waals surface area contributed by atoms with Crippen LogP contribution in [0.1, 0.15) is 17.4 Å². The van der Waals surface area contributed by atoms with Crippen LogP contribution in [0, 0.1) is 5.92 Å². The highest BCUT2D eigenvalue weighted by molar-refractivity contribution is 7.84. The number of carbonyl (C=O) groups is 3. The first-order valence-electron chi connectivity index (χ1n) is 5.38. The molecule has 0 spiro atoms. The highest BCUT2D eigenvalue weighted by Crippen LogP contribution is 2.36. The van der Waals surface area contributed by atoms with Crippen LogP contribution in [-0.2, 0) is 19.9 Å². The van der Waals surface area contributed by atoms with Crippen LogP contribution >= 0.6 is 11.3 Å². The normalized spacial score (nSPS) is 25.6. The first-order valence-corrected chi connectivity index (χ1v) is 7.65. The van der Waals surface area contributed by atoms with Crippen LogP contribution in [0.4, 0.5) is 5.13 Å². The van der Waals surface area contributed by atoms with E-state index < -0.39 is 39.4 Å². The smallest absolute Gasteiger partial charge is 0.363 e. The third kappa shape index (κ3) is 2.31. The molecule has 2 unspecified atom stereocenters. The van der Waals surface area contributed by atoms with Gasteiger partial charge in [0, 0.05) is 5.38 Å². The fourth-order valence-corrected chi connectivity index (χ4v) is 3.52. The van der Waals surface area contributed by atoms with E-state index in [1.165, 1.54) is 5.38 Å². The molecule has 2 atom stereocenters. The van der Waals surface area contributed by atoms with Crippen molar-refractivity contribution in [3.05, 3.63) is 11.1 Å². The minimum absolute atomic E-state index is 0.0503. The second-order valence-electron chi connectivity index (χ2n) is 4.50. The van der Waals surface area contributed by atoms with Crippen LogP contribution in [0.2, 0.25) is 0 Å². The van der Waals surface area contributed by atoms with Gasteiger partial charge in [-0.1, -0.05) is 0 Å². The van der Waals surface area contributed by atoms with Crippen molar-refractivity contribution in [3.63, 3.8) is 0 Å². The zero-order valence-electron chi connectivity index (χ0n) is 10.5. The number of aromatic nitrogens is 1. The SMILES string of the molecule is CC1(N)C(C(=O)C(=O)c2csc(N)n2)C(=O)N1S(=O)(=O)O. The number of hydrogen-bond acceptors (Lipinski definition) is 9. The van der Waals surface area contributed by atoms with Gasteiger partial charge in [0.2, 0.25) is 11.6 Å². The van der Waals surface area contributed by atoms with Gasteiger partial charge in [-0.2, -0.15) is 12.7 Å². The summed E-state index contributed by atoms with van der Waals surface area (Å²) in [6.07, 6.45) is 0. The van der Waals surface area contributed by atoms with Crippen molar-refractivity contribution in [2.45, 2.75) is 12.6 Å². The lowest BCUT2D eigenvalue weighted by Crippen LogP contribution is -2.77. The van der Waals surface area contributed by atoms with Crippen LogP contribution in [0.3, 0.4) is 0 Å². The van der Waals surface area contributed by atoms with Crippen LogP contribution in [0.5, 0.6) is 0 Å². The molecule has 1 aliphatic rings. The van der Waals surface area contributed by atoms with Gasteiger partial charge in [-0.25, -0.2) is 4.98 Å². The molecule has 1 aromatic heterocycles. The van der Waals surface area contributed by atoms with Gasteiger partial charge in [0.25, 0.3) is 5.91 Å². The van der Waals surface area contributed by atoms with Gasteiger partial charge in [-0.15, -0.1) is 11.3 Å². The molecule has 5 N–H and O–H groups in total. The monoisotopic (exact) mass is 334 g/mol. The van der Waals surface area contributed by atoms with E-state index in [1.54, 1.807) is 0 Å². The lowest BCUT2D eigenvalue weighted by molar-refractivity contribution is -0.160. The van der Waals surface area contributed by atoms with Gasteiger partial charge < -0.3 is 11.5 Å². The Hall–Kier alpha value is -1.89. The van der Waals surface area contributed by atoms with Crippen molar-refractivity contribution in [2.24, 2.45) is 11.7 Å². The molecule has 12 heteroatoms. The maximum Gasteiger partial charge on any atom is 0.363 e. The summed E-state index contributed by atoms with van der Waals surface area (Å²) in [5, 5.41) is 1.29. The molecule has 0 saturated carbocycles. The summed E-state index contributed by atoms with van der Waals surface area (Å²) in [5.41, 5.74) is 8.61. The summed E-state index contributed by atoms with van der Waals surface area (Å²) in [5.74, 6) is -5.30. The number of β-lactam (4-membered cyclic amide) rings is 1. The van der Waals surface area contributed by atoms with E-state index >= 15 is 0 Å². The molecule has 2 rings (SSSR count). The van der Waals surface area contributed by atoms with Crippen molar-refractivity contribution >= 4 is 44.2 Å². The summed E-state index contributed by atoms with van der Waals surface area (Å²) in [6, 6.07) is 0. The van der Waals surface area contributed by atoms with E-state index in [9.17, 15) is 22.8 Å². The third-order valence-electron chi connectivity index (χ3n) is 2.94. The van der Waals surface area contributed by atoms with Gasteiger partial charge in [-0.05, 0) is 6.92 Å². The summed E-state index contributed by atoms with van der Waals surface area (Å²) < 4.78 is 30.8. The molecular formula is C9H10N4O6S2. The van der Waals surface area contributed by atoms with E-state index in [4.69, 9.17) is 16.0 Å². The Balaban J connectivity index is 2.30. The van der Waals surface area contributed by atoms with Crippen molar-refractivity contribution < 1.29 is 27.4 Å². The number of rotatable bonds is 4. The molecule has 1 fully saturated rings. The maximum absolute atomic E-state index is 12.0. The van der Waals surface area contributed by atoms with Gasteiger partial charge in [0.05, 0.1) is 0 Å². The highest BCUT2D eigenvalue weighted by atomic mass is 32.2. The fraction of sp³-hybridized carbons (Fsp3) is 0.333. The predicted molar refractivity (Wildman–Crippen MR) is 70.3 cm³/mol. The van der Waals surface area contributed by atoms with Crippen LogP contribution < -0.4 is 11.5 Å². The van der Waals surface area contributed by atoms with E-state index in [0.717, 1.165) is 18.3 Å². The summed E-state index contributed by atoms with van der Waals surface area (Å²) in [6.45, 7) is 1.04. The molecule has 1 amide bonds. The first kappa shape index (κ1) is 15.5. The number of thiazole rings is 1. The molecule has 1 aromatic rings. The Morgan fingerprint density at radius 1 is 1.52 bits per heavy atom. The number of ketones is 2. The van der Waals surface area contributed by atoms with E-state index in [2.05, 4.69) is 4.98 Å². The number of amides is 1. The molecule has 2 heterocycles. The average molecular weight is 334 g/mol. The molecule has 0 aliphatic carbocycles. The van der Waals surface area contributed by atoms with Crippen molar-refractivity contribution in [2.75, 3.05) is 5.73 Å². The first-order chi connectivity index (χ1) is 9.48. The molecule has 10 nitrogen and oxygen atoms in total. The largest absolute Gasteiger partial charge is 0.375 e. The average Bonchev–Trinajstić information content (AvgIpc) is 2.71. The second kappa shape index (κ2) is 4.56. The maximum atomic E-state index is 12.0. The molecule has 0 aromatic carbocycles. The summed E-state index contributed by atoms with van der Waals surface area (Å²) in [7, 11) is -4.91. The van der Waals surface area contributed by atoms with Crippen molar-refractivity contribution in [1.82, 2.24) is 9.29 Å². The molecule has 1 saturated heterocycles. The predicted octanol–water partition coefficient (Wildman–Crippen LogP) is -1.59. The minimum Gasteiger partial charge on any atom is -0.375 e. The van der Waals surface area contributed by atoms with Crippen LogP contribution in [-0.4, -0.2) is 45.4 Å². The van der Waals surface area contributed by atoms with Crippen LogP contribution in [0.25, 0.3) is 0 Å². The Morgan fingerprint density at radius 3 is 2.48 bits per heavy atom.